The average molecular weight is 344 g/mol. The number of rotatable bonds is 2. The van der Waals surface area contributed by atoms with E-state index in [9.17, 15) is 25.8 Å². The Morgan fingerprint density at radius 2 is 1.62 bits per heavy atom. The standard InChI is InChI=1S/C20H16N4O2/c1-18-7-15(13-3-5-14(26-2)6-4-13)17(16(25)8-18)19(9-21,10-22)20(18,11-23)12-24/h3-6,15,17H,7-8H2,1-2H3/t15-,17-,18+/m0/s1. The summed E-state index contributed by atoms with van der Waals surface area (Å²) in [6, 6.07) is 14.9. The first kappa shape index (κ1) is 17.5. The monoisotopic (exact) mass is 344 g/mol. The van der Waals surface area contributed by atoms with Gasteiger partial charge in [-0.2, -0.15) is 21.0 Å². The van der Waals surface area contributed by atoms with E-state index in [1.807, 2.05) is 24.3 Å². The maximum absolute atomic E-state index is 12.9. The quantitative estimate of drug-likeness (QED) is 0.813. The normalized spacial score (nSPS) is 30.3. The third kappa shape index (κ3) is 1.79. The number of hydrogen-bond donors (Lipinski definition) is 0. The number of ether oxygens (including phenoxy) is 1. The van der Waals surface area contributed by atoms with Gasteiger partial charge in [0, 0.05) is 11.8 Å². The van der Waals surface area contributed by atoms with Gasteiger partial charge in [0.15, 0.2) is 10.8 Å². The van der Waals surface area contributed by atoms with E-state index in [1.165, 1.54) is 0 Å². The number of carbonyl (C=O) groups excluding carboxylic acids is 1. The van der Waals surface area contributed by atoms with Crippen molar-refractivity contribution in [3.05, 3.63) is 29.8 Å². The summed E-state index contributed by atoms with van der Waals surface area (Å²) >= 11 is 0. The molecule has 1 aromatic rings. The molecule has 3 saturated carbocycles. The Bertz CT molecular complexity index is 910. The highest BCUT2D eigenvalue weighted by atomic mass is 16.5. The molecule has 3 fully saturated rings. The fraction of sp³-hybridized carbons (Fsp3) is 0.450. The van der Waals surface area contributed by atoms with E-state index in [0.29, 0.717) is 12.2 Å². The molecule has 0 heterocycles. The molecular formula is C20H16N4O2. The minimum Gasteiger partial charge on any atom is -0.497 e. The van der Waals surface area contributed by atoms with Gasteiger partial charge in [0.2, 0.25) is 0 Å². The van der Waals surface area contributed by atoms with E-state index in [1.54, 1.807) is 38.3 Å². The molecule has 0 amide bonds. The minimum atomic E-state index is -2.00. The second kappa shape index (κ2) is 5.59. The zero-order chi connectivity index (χ0) is 19.2. The maximum atomic E-state index is 12.9. The van der Waals surface area contributed by atoms with Crippen molar-refractivity contribution in [3.8, 4) is 30.0 Å². The summed E-state index contributed by atoms with van der Waals surface area (Å²) in [5, 5.41) is 39.5. The number of ketones is 1. The van der Waals surface area contributed by atoms with Crippen LogP contribution in [-0.4, -0.2) is 12.9 Å². The maximum Gasteiger partial charge on any atom is 0.186 e. The Morgan fingerprint density at radius 3 is 2.08 bits per heavy atom. The van der Waals surface area contributed by atoms with Crippen LogP contribution in [-0.2, 0) is 4.79 Å². The zero-order valence-electron chi connectivity index (χ0n) is 14.5. The molecule has 0 aliphatic heterocycles. The van der Waals surface area contributed by atoms with Gasteiger partial charge in [-0.15, -0.1) is 0 Å². The predicted octanol–water partition coefficient (Wildman–Crippen LogP) is 2.84. The number of Topliss-reactive ketones (excluding diaryl/α,β-unsaturated/α-hetero) is 1. The van der Waals surface area contributed by atoms with Crippen molar-refractivity contribution in [2.75, 3.05) is 7.11 Å². The summed E-state index contributed by atoms with van der Waals surface area (Å²) in [7, 11) is 1.55. The first-order valence-electron chi connectivity index (χ1n) is 8.20. The van der Waals surface area contributed by atoms with Gasteiger partial charge in [0.05, 0.1) is 37.3 Å². The molecule has 2 bridgehead atoms. The first-order chi connectivity index (χ1) is 12.4. The van der Waals surface area contributed by atoms with Gasteiger partial charge in [0.25, 0.3) is 0 Å². The molecule has 3 aliphatic carbocycles. The van der Waals surface area contributed by atoms with E-state index >= 15 is 0 Å². The lowest BCUT2D eigenvalue weighted by atomic mass is 9.35. The van der Waals surface area contributed by atoms with E-state index in [-0.39, 0.29) is 12.2 Å². The van der Waals surface area contributed by atoms with E-state index < -0.39 is 28.1 Å². The van der Waals surface area contributed by atoms with Gasteiger partial charge in [-0.25, -0.2) is 0 Å². The zero-order valence-corrected chi connectivity index (χ0v) is 14.5. The smallest absolute Gasteiger partial charge is 0.186 e. The lowest BCUT2D eigenvalue weighted by molar-refractivity contribution is -0.153. The van der Waals surface area contributed by atoms with Gasteiger partial charge in [-0.05, 0) is 30.0 Å². The van der Waals surface area contributed by atoms with Gasteiger partial charge in [-0.1, -0.05) is 19.1 Å². The highest BCUT2D eigenvalue weighted by Gasteiger charge is 2.77. The number of fused-ring (bicyclic) bond motifs is 3. The van der Waals surface area contributed by atoms with Gasteiger partial charge in [0.1, 0.15) is 11.5 Å². The summed E-state index contributed by atoms with van der Waals surface area (Å²) in [5.41, 5.74) is -4.11. The van der Waals surface area contributed by atoms with E-state index in [2.05, 4.69) is 0 Å². The number of carbonyl (C=O) groups is 1. The lowest BCUT2D eigenvalue weighted by Gasteiger charge is -2.59. The van der Waals surface area contributed by atoms with Crippen LogP contribution >= 0.6 is 0 Å². The Labute approximate surface area is 151 Å². The van der Waals surface area contributed by atoms with Crippen LogP contribution in [0, 0.1) is 67.5 Å². The molecule has 0 saturated heterocycles. The molecule has 6 nitrogen and oxygen atoms in total. The average Bonchev–Trinajstić information content (AvgIpc) is 2.66. The largest absolute Gasteiger partial charge is 0.497 e. The molecule has 26 heavy (non-hydrogen) atoms. The number of benzene rings is 1. The molecule has 0 radical (unpaired) electrons. The molecular weight excluding hydrogens is 328 g/mol. The summed E-state index contributed by atoms with van der Waals surface area (Å²) in [6.07, 6.45) is 0.415. The third-order valence-corrected chi connectivity index (χ3v) is 6.18. The molecule has 0 spiro atoms. The van der Waals surface area contributed by atoms with Crippen molar-refractivity contribution in [3.63, 3.8) is 0 Å². The van der Waals surface area contributed by atoms with Crippen LogP contribution < -0.4 is 4.74 Å². The Kier molecular flexibility index (Phi) is 3.75. The summed E-state index contributed by atoms with van der Waals surface area (Å²) in [6.45, 7) is 1.67. The number of nitriles is 4. The van der Waals surface area contributed by atoms with Crippen LogP contribution in [0.2, 0.25) is 0 Å². The predicted molar refractivity (Wildman–Crippen MR) is 88.9 cm³/mol. The highest BCUT2D eigenvalue weighted by Crippen LogP contribution is 2.70. The molecule has 6 heteroatoms. The van der Waals surface area contributed by atoms with Crippen LogP contribution in [0.15, 0.2) is 24.3 Å². The van der Waals surface area contributed by atoms with Crippen LogP contribution in [0.4, 0.5) is 0 Å². The summed E-state index contributed by atoms with van der Waals surface area (Å²) in [5.74, 6) is -0.987. The van der Waals surface area contributed by atoms with Crippen LogP contribution in [0.3, 0.4) is 0 Å². The van der Waals surface area contributed by atoms with Crippen LogP contribution in [0.1, 0.15) is 31.2 Å². The Balaban J connectivity index is 2.25. The molecule has 0 N–H and O–H groups in total. The first-order valence-corrected chi connectivity index (χ1v) is 8.20. The van der Waals surface area contributed by atoms with Crippen molar-refractivity contribution in [1.82, 2.24) is 0 Å². The van der Waals surface area contributed by atoms with E-state index in [4.69, 9.17) is 4.74 Å². The van der Waals surface area contributed by atoms with Crippen molar-refractivity contribution < 1.29 is 9.53 Å². The Morgan fingerprint density at radius 1 is 1.04 bits per heavy atom. The van der Waals surface area contributed by atoms with Crippen LogP contribution in [0.5, 0.6) is 5.75 Å². The van der Waals surface area contributed by atoms with Crippen molar-refractivity contribution >= 4 is 5.78 Å². The minimum absolute atomic E-state index is 0.0244. The van der Waals surface area contributed by atoms with Crippen LogP contribution in [0.25, 0.3) is 0 Å². The molecule has 4 rings (SSSR count). The second-order valence-electron chi connectivity index (χ2n) is 7.27. The lowest BCUT2D eigenvalue weighted by Crippen LogP contribution is -2.66. The summed E-state index contributed by atoms with van der Waals surface area (Å²) < 4.78 is 5.15. The molecule has 3 aliphatic rings. The fourth-order valence-electron chi connectivity index (χ4n) is 4.90. The van der Waals surface area contributed by atoms with E-state index in [0.717, 1.165) is 5.56 Å². The molecule has 1 aromatic carbocycles. The molecule has 0 unspecified atom stereocenters. The van der Waals surface area contributed by atoms with Crippen molar-refractivity contribution in [1.29, 1.82) is 21.0 Å². The Hall–Kier alpha value is -3.35. The molecule has 0 aromatic heterocycles. The van der Waals surface area contributed by atoms with Gasteiger partial charge >= 0.3 is 0 Å². The number of methoxy groups -OCH3 is 1. The topological polar surface area (TPSA) is 121 Å². The fourth-order valence-corrected chi connectivity index (χ4v) is 4.90. The number of nitrogens with zero attached hydrogens (tertiary/aromatic N) is 4. The second-order valence-corrected chi connectivity index (χ2v) is 7.27. The van der Waals surface area contributed by atoms with Gasteiger partial charge in [-0.3, -0.25) is 4.79 Å². The SMILES string of the molecule is COc1ccc([C@@H]2C[C@]3(C)CC(=O)[C@H]2C(C#N)(C#N)C3(C#N)C#N)cc1. The van der Waals surface area contributed by atoms with Gasteiger partial charge < -0.3 is 4.74 Å². The molecule has 128 valence electrons. The highest BCUT2D eigenvalue weighted by molar-refractivity contribution is 5.88. The third-order valence-electron chi connectivity index (χ3n) is 6.18. The molecule has 3 atom stereocenters. The summed E-state index contributed by atoms with van der Waals surface area (Å²) in [4.78, 5) is 12.9. The van der Waals surface area contributed by atoms with Crippen molar-refractivity contribution in [2.45, 2.75) is 25.7 Å². The van der Waals surface area contributed by atoms with Crippen molar-refractivity contribution in [2.24, 2.45) is 22.2 Å². The number of hydrogen-bond acceptors (Lipinski definition) is 6.